The zero-order chi connectivity index (χ0) is 27.7. The SMILES string of the molecule is CC(C(=O)NC1CCCCC1)N(CCc1ccccc1)C(=O)CCCN(c1cc(Cl)ccc1Cl)S(C)(=O)=O. The fraction of sp³-hybridized carbons (Fsp3) is 0.500. The minimum atomic E-state index is -3.67. The first-order chi connectivity index (χ1) is 18.1. The van der Waals surface area contributed by atoms with Gasteiger partial charge in [0.1, 0.15) is 6.04 Å². The highest BCUT2D eigenvalue weighted by Crippen LogP contribution is 2.31. The van der Waals surface area contributed by atoms with Crippen LogP contribution in [0, 0.1) is 0 Å². The topological polar surface area (TPSA) is 86.8 Å². The number of carbonyl (C=O) groups excluding carboxylic acids is 2. The molecule has 2 aromatic carbocycles. The van der Waals surface area contributed by atoms with Crippen LogP contribution in [0.3, 0.4) is 0 Å². The molecule has 1 aliphatic rings. The van der Waals surface area contributed by atoms with Crippen LogP contribution in [-0.2, 0) is 26.0 Å². The Morgan fingerprint density at radius 1 is 1.03 bits per heavy atom. The smallest absolute Gasteiger partial charge is 0.242 e. The zero-order valence-electron chi connectivity index (χ0n) is 22.0. The number of sulfonamides is 1. The van der Waals surface area contributed by atoms with E-state index in [9.17, 15) is 18.0 Å². The van der Waals surface area contributed by atoms with E-state index in [2.05, 4.69) is 5.32 Å². The number of anilines is 1. The minimum absolute atomic E-state index is 0.0554. The number of hydrogen-bond donors (Lipinski definition) is 1. The first-order valence-electron chi connectivity index (χ1n) is 13.1. The molecule has 1 fully saturated rings. The van der Waals surface area contributed by atoms with Gasteiger partial charge in [-0.1, -0.05) is 72.8 Å². The van der Waals surface area contributed by atoms with Crippen molar-refractivity contribution in [1.29, 1.82) is 0 Å². The molecule has 0 aromatic heterocycles. The Hall–Kier alpha value is -2.29. The first-order valence-corrected chi connectivity index (χ1v) is 15.7. The number of halogens is 2. The van der Waals surface area contributed by atoms with Crippen molar-refractivity contribution in [3.8, 4) is 0 Å². The number of carbonyl (C=O) groups is 2. The standard InChI is InChI=1S/C28H37Cl2N3O4S/c1-21(28(35)31-24-12-7-4-8-13-24)32(19-17-22-10-5-3-6-11-22)27(34)14-9-18-33(38(2,36)37)26-20-23(29)15-16-25(26)30/h3,5-6,10-11,15-16,20-21,24H,4,7-9,12-14,17-19H2,1-2H3,(H,31,35). The van der Waals surface area contributed by atoms with Crippen molar-refractivity contribution in [2.75, 3.05) is 23.7 Å². The van der Waals surface area contributed by atoms with E-state index in [1.54, 1.807) is 24.0 Å². The highest BCUT2D eigenvalue weighted by molar-refractivity contribution is 7.92. The molecule has 38 heavy (non-hydrogen) atoms. The molecule has 1 atom stereocenters. The Kier molecular flexibility index (Phi) is 11.3. The van der Waals surface area contributed by atoms with E-state index in [-0.39, 0.29) is 48.0 Å². The maximum Gasteiger partial charge on any atom is 0.242 e. The molecule has 1 aliphatic carbocycles. The van der Waals surface area contributed by atoms with Gasteiger partial charge in [-0.15, -0.1) is 0 Å². The maximum absolute atomic E-state index is 13.4. The van der Waals surface area contributed by atoms with Crippen molar-refractivity contribution in [1.82, 2.24) is 10.2 Å². The van der Waals surface area contributed by atoms with Crippen molar-refractivity contribution < 1.29 is 18.0 Å². The summed E-state index contributed by atoms with van der Waals surface area (Å²) in [4.78, 5) is 28.2. The third-order valence-electron chi connectivity index (χ3n) is 6.93. The minimum Gasteiger partial charge on any atom is -0.352 e. The quantitative estimate of drug-likeness (QED) is 0.361. The van der Waals surface area contributed by atoms with Crippen molar-refractivity contribution in [2.45, 2.75) is 70.4 Å². The Labute approximate surface area is 236 Å². The normalized spacial score (nSPS) is 15.1. The van der Waals surface area contributed by atoms with Gasteiger partial charge >= 0.3 is 0 Å². The highest BCUT2D eigenvalue weighted by atomic mass is 35.5. The van der Waals surface area contributed by atoms with Gasteiger partial charge in [-0.3, -0.25) is 13.9 Å². The van der Waals surface area contributed by atoms with E-state index >= 15 is 0 Å². The predicted octanol–water partition coefficient (Wildman–Crippen LogP) is 5.45. The second-order valence-electron chi connectivity index (χ2n) is 9.88. The molecule has 0 aliphatic heterocycles. The summed E-state index contributed by atoms with van der Waals surface area (Å²) in [7, 11) is -3.67. The van der Waals surface area contributed by atoms with Crippen LogP contribution < -0.4 is 9.62 Å². The van der Waals surface area contributed by atoms with E-state index in [1.165, 1.54) is 16.8 Å². The van der Waals surface area contributed by atoms with Crippen molar-refractivity contribution in [3.05, 3.63) is 64.1 Å². The summed E-state index contributed by atoms with van der Waals surface area (Å²) in [6.45, 7) is 2.20. The molecule has 0 radical (unpaired) electrons. The molecule has 2 aromatic rings. The number of rotatable bonds is 12. The average molecular weight is 583 g/mol. The van der Waals surface area contributed by atoms with Gasteiger partial charge in [0.25, 0.3) is 0 Å². The molecule has 3 rings (SSSR count). The number of nitrogens with zero attached hydrogens (tertiary/aromatic N) is 2. The van der Waals surface area contributed by atoms with Gasteiger partial charge in [0.05, 0.1) is 17.0 Å². The van der Waals surface area contributed by atoms with Crippen LogP contribution in [0.2, 0.25) is 10.0 Å². The van der Waals surface area contributed by atoms with Crippen LogP contribution in [0.5, 0.6) is 0 Å². The molecule has 1 unspecified atom stereocenters. The molecular formula is C28H37Cl2N3O4S. The lowest BCUT2D eigenvalue weighted by atomic mass is 9.95. The molecule has 208 valence electrons. The fourth-order valence-electron chi connectivity index (χ4n) is 4.80. The summed E-state index contributed by atoms with van der Waals surface area (Å²) in [5, 5.41) is 3.75. The molecule has 0 saturated heterocycles. The molecule has 2 amide bonds. The third-order valence-corrected chi connectivity index (χ3v) is 8.67. The lowest BCUT2D eigenvalue weighted by Gasteiger charge is -2.31. The summed E-state index contributed by atoms with van der Waals surface area (Å²) in [5.41, 5.74) is 1.35. The Morgan fingerprint density at radius 2 is 1.71 bits per heavy atom. The van der Waals surface area contributed by atoms with E-state index in [0.717, 1.165) is 37.5 Å². The summed E-state index contributed by atoms with van der Waals surface area (Å²) < 4.78 is 26.2. The van der Waals surface area contributed by atoms with Crippen LogP contribution in [0.25, 0.3) is 0 Å². The largest absolute Gasteiger partial charge is 0.352 e. The molecule has 0 spiro atoms. The second kappa shape index (κ2) is 14.2. The monoisotopic (exact) mass is 581 g/mol. The Morgan fingerprint density at radius 3 is 2.37 bits per heavy atom. The number of benzene rings is 2. The Bertz CT molecular complexity index is 1190. The number of amides is 2. The van der Waals surface area contributed by atoms with Gasteiger partial charge in [0, 0.05) is 30.6 Å². The summed E-state index contributed by atoms with van der Waals surface area (Å²) in [6.07, 6.45) is 7.36. The molecule has 1 saturated carbocycles. The van der Waals surface area contributed by atoms with Crippen LogP contribution in [0.15, 0.2) is 48.5 Å². The average Bonchev–Trinajstić information content (AvgIpc) is 2.88. The van der Waals surface area contributed by atoms with Gasteiger partial charge < -0.3 is 10.2 Å². The zero-order valence-corrected chi connectivity index (χ0v) is 24.4. The first kappa shape index (κ1) is 30.3. The van der Waals surface area contributed by atoms with E-state index in [0.29, 0.717) is 18.0 Å². The molecule has 10 heteroatoms. The lowest BCUT2D eigenvalue weighted by Crippen LogP contribution is -2.51. The predicted molar refractivity (Wildman–Crippen MR) is 154 cm³/mol. The second-order valence-corrected chi connectivity index (χ2v) is 12.6. The van der Waals surface area contributed by atoms with E-state index in [1.807, 2.05) is 30.3 Å². The fourth-order valence-corrected chi connectivity index (χ4v) is 6.20. The molecular weight excluding hydrogens is 545 g/mol. The number of nitrogens with one attached hydrogen (secondary N) is 1. The number of hydrogen-bond acceptors (Lipinski definition) is 4. The Balaban J connectivity index is 1.69. The van der Waals surface area contributed by atoms with Crippen molar-refractivity contribution in [3.63, 3.8) is 0 Å². The summed E-state index contributed by atoms with van der Waals surface area (Å²) >= 11 is 12.3. The van der Waals surface area contributed by atoms with Crippen LogP contribution in [0.4, 0.5) is 5.69 Å². The lowest BCUT2D eigenvalue weighted by molar-refractivity contribution is -0.140. The van der Waals surface area contributed by atoms with Crippen molar-refractivity contribution >= 4 is 50.7 Å². The summed E-state index contributed by atoms with van der Waals surface area (Å²) in [6, 6.07) is 14.0. The third kappa shape index (κ3) is 8.89. The maximum atomic E-state index is 13.4. The molecule has 0 heterocycles. The molecule has 1 N–H and O–H groups in total. The van der Waals surface area contributed by atoms with E-state index in [4.69, 9.17) is 23.2 Å². The highest BCUT2D eigenvalue weighted by Gasteiger charge is 2.28. The molecule has 0 bridgehead atoms. The van der Waals surface area contributed by atoms with Crippen molar-refractivity contribution in [2.24, 2.45) is 0 Å². The van der Waals surface area contributed by atoms with Crippen LogP contribution in [0.1, 0.15) is 57.4 Å². The van der Waals surface area contributed by atoms with Crippen LogP contribution >= 0.6 is 23.2 Å². The summed E-state index contributed by atoms with van der Waals surface area (Å²) in [5.74, 6) is -0.348. The van der Waals surface area contributed by atoms with Gasteiger partial charge in [-0.2, -0.15) is 0 Å². The van der Waals surface area contributed by atoms with Gasteiger partial charge in [0.15, 0.2) is 0 Å². The van der Waals surface area contributed by atoms with Gasteiger partial charge in [-0.05, 0) is 56.4 Å². The van der Waals surface area contributed by atoms with Gasteiger partial charge in [-0.25, -0.2) is 8.42 Å². The molecule has 7 nitrogen and oxygen atoms in total. The van der Waals surface area contributed by atoms with E-state index < -0.39 is 16.1 Å². The van der Waals surface area contributed by atoms with Crippen LogP contribution in [-0.4, -0.2) is 56.6 Å². The van der Waals surface area contributed by atoms with Gasteiger partial charge in [0.2, 0.25) is 21.8 Å².